The number of esters is 1. The van der Waals surface area contributed by atoms with Crippen molar-refractivity contribution in [1.82, 2.24) is 15.0 Å². The van der Waals surface area contributed by atoms with Gasteiger partial charge in [0.05, 0.1) is 39.3 Å². The van der Waals surface area contributed by atoms with Gasteiger partial charge in [-0.1, -0.05) is 0 Å². The predicted molar refractivity (Wildman–Crippen MR) is 178 cm³/mol. The number of fused-ring (bicyclic) bond motifs is 5. The number of ether oxygens (including phenoxy) is 5. The maximum absolute atomic E-state index is 11.8. The Morgan fingerprint density at radius 3 is 1.44 bits per heavy atom. The number of nitrogens with zero attached hydrogens (tertiary/aromatic N) is 3. The Morgan fingerprint density at radius 1 is 0.600 bits per heavy atom. The third kappa shape index (κ3) is 7.16. The van der Waals surface area contributed by atoms with Gasteiger partial charge in [-0.25, -0.2) is 4.79 Å². The maximum atomic E-state index is 11.8. The molecular formula is C35H29N5O10. The molecule has 15 heteroatoms. The topological polar surface area (TPSA) is 229 Å². The molecule has 0 fully saturated rings. The van der Waals surface area contributed by atoms with E-state index in [1.165, 1.54) is 36.8 Å². The van der Waals surface area contributed by atoms with Crippen molar-refractivity contribution in [2.45, 2.75) is 20.0 Å². The van der Waals surface area contributed by atoms with Crippen LogP contribution in [0.1, 0.15) is 44.9 Å². The lowest BCUT2D eigenvalue weighted by molar-refractivity contribution is 0.0377. The van der Waals surface area contributed by atoms with Crippen LogP contribution in [0.4, 0.5) is 0 Å². The summed E-state index contributed by atoms with van der Waals surface area (Å²) in [5, 5.41) is 20.6. The molecule has 0 radical (unpaired) electrons. The fourth-order valence-electron chi connectivity index (χ4n) is 4.85. The summed E-state index contributed by atoms with van der Waals surface area (Å²) in [6.45, 7) is 4.05. The van der Waals surface area contributed by atoms with Crippen molar-refractivity contribution in [3.05, 3.63) is 89.9 Å². The van der Waals surface area contributed by atoms with Crippen LogP contribution in [0.15, 0.2) is 73.2 Å². The smallest absolute Gasteiger partial charge is 0.339 e. The molecule has 254 valence electrons. The van der Waals surface area contributed by atoms with Crippen LogP contribution in [-0.4, -0.2) is 62.6 Å². The molecule has 2 aliphatic heterocycles. The van der Waals surface area contributed by atoms with E-state index in [-0.39, 0.29) is 42.7 Å². The van der Waals surface area contributed by atoms with Gasteiger partial charge in [-0.05, 0) is 50.2 Å². The fraction of sp³-hybridized carbons (Fsp3) is 0.143. The molecule has 0 unspecified atom stereocenters. The van der Waals surface area contributed by atoms with Gasteiger partial charge >= 0.3 is 5.97 Å². The molecule has 6 N–H and O–H groups in total. The van der Waals surface area contributed by atoms with E-state index in [1.54, 1.807) is 30.3 Å². The molecule has 6 aromatic rings. The Balaban J connectivity index is 0.000000131. The molecule has 0 aliphatic carbocycles. The molecule has 2 amide bonds. The first-order valence-electron chi connectivity index (χ1n) is 15.0. The van der Waals surface area contributed by atoms with Crippen molar-refractivity contribution < 1.29 is 48.3 Å². The number of rotatable bonds is 4. The van der Waals surface area contributed by atoms with Crippen LogP contribution in [0.25, 0.3) is 32.7 Å². The number of phenolic OH excluding ortho intramolecular Hbond substituents is 2. The Labute approximate surface area is 282 Å². The van der Waals surface area contributed by atoms with E-state index in [9.17, 15) is 24.6 Å². The van der Waals surface area contributed by atoms with E-state index in [1.807, 2.05) is 19.9 Å². The molecule has 0 saturated heterocycles. The molecule has 0 bridgehead atoms. The van der Waals surface area contributed by atoms with Gasteiger partial charge in [0, 0.05) is 52.9 Å². The largest absolute Gasteiger partial charge is 0.504 e. The molecule has 3 aromatic heterocycles. The lowest BCUT2D eigenvalue weighted by Crippen LogP contribution is -2.11. The number of carbonyl (C=O) groups is 3. The van der Waals surface area contributed by atoms with Crippen LogP contribution in [-0.2, 0) is 4.74 Å². The van der Waals surface area contributed by atoms with Gasteiger partial charge in [-0.2, -0.15) is 0 Å². The van der Waals surface area contributed by atoms with Crippen LogP contribution in [0, 0.1) is 0 Å². The zero-order valence-corrected chi connectivity index (χ0v) is 26.6. The molecule has 50 heavy (non-hydrogen) atoms. The minimum atomic E-state index is -0.586. The van der Waals surface area contributed by atoms with Gasteiger partial charge in [0.2, 0.25) is 25.4 Å². The average Bonchev–Trinajstić information content (AvgIpc) is 3.75. The minimum absolute atomic E-state index is 0.153. The highest BCUT2D eigenvalue weighted by Gasteiger charge is 2.17. The number of hydrogen-bond acceptors (Lipinski definition) is 13. The fourth-order valence-corrected chi connectivity index (χ4v) is 4.85. The summed E-state index contributed by atoms with van der Waals surface area (Å²) >= 11 is 0. The summed E-state index contributed by atoms with van der Waals surface area (Å²) < 4.78 is 26.2. The van der Waals surface area contributed by atoms with Gasteiger partial charge in [0.1, 0.15) is 0 Å². The Hall–Kier alpha value is -6.90. The summed E-state index contributed by atoms with van der Waals surface area (Å²) in [7, 11) is 0. The molecule has 5 heterocycles. The van der Waals surface area contributed by atoms with E-state index in [0.717, 1.165) is 21.8 Å². The predicted octanol–water partition coefficient (Wildman–Crippen LogP) is 4.34. The molecule has 3 aromatic carbocycles. The number of hydrogen-bond donors (Lipinski definition) is 4. The molecule has 0 spiro atoms. The normalized spacial score (nSPS) is 12.2. The molecule has 0 atom stereocenters. The SMILES string of the molecule is CC(C)OC(=O)c1cnc2cc3c(cc2c1)OCO3.NC(=O)c1cnc2cc(O)c(O)cc2c1.NC(=O)c1cnc2cc3c(cc2c1)OCO3. The van der Waals surface area contributed by atoms with Crippen molar-refractivity contribution in [2.75, 3.05) is 13.6 Å². The first-order valence-corrected chi connectivity index (χ1v) is 15.0. The van der Waals surface area contributed by atoms with Crippen LogP contribution in [0.2, 0.25) is 0 Å². The van der Waals surface area contributed by atoms with E-state index in [2.05, 4.69) is 15.0 Å². The quantitative estimate of drug-likeness (QED) is 0.150. The van der Waals surface area contributed by atoms with Crippen LogP contribution in [0.3, 0.4) is 0 Å². The van der Waals surface area contributed by atoms with Crippen molar-refractivity contribution in [2.24, 2.45) is 11.5 Å². The van der Waals surface area contributed by atoms with Crippen molar-refractivity contribution in [3.63, 3.8) is 0 Å². The van der Waals surface area contributed by atoms with E-state index >= 15 is 0 Å². The van der Waals surface area contributed by atoms with Gasteiger partial charge in [0.25, 0.3) is 0 Å². The average molecular weight is 680 g/mol. The number of pyridine rings is 3. The molecular weight excluding hydrogens is 650 g/mol. The Morgan fingerprint density at radius 2 is 0.980 bits per heavy atom. The Kier molecular flexibility index (Phi) is 9.03. The third-order valence-electron chi connectivity index (χ3n) is 7.28. The van der Waals surface area contributed by atoms with Gasteiger partial charge in [-0.15, -0.1) is 0 Å². The van der Waals surface area contributed by atoms with Crippen LogP contribution < -0.4 is 30.4 Å². The lowest BCUT2D eigenvalue weighted by Gasteiger charge is -2.08. The van der Waals surface area contributed by atoms with E-state index in [0.29, 0.717) is 45.0 Å². The Bertz CT molecular complexity index is 2310. The van der Waals surface area contributed by atoms with Crippen LogP contribution >= 0.6 is 0 Å². The summed E-state index contributed by atoms with van der Waals surface area (Å²) in [5.41, 5.74) is 13.3. The first kappa shape index (κ1) is 33.0. The minimum Gasteiger partial charge on any atom is -0.504 e. The van der Waals surface area contributed by atoms with Gasteiger partial charge in [-0.3, -0.25) is 24.5 Å². The molecule has 8 rings (SSSR count). The summed E-state index contributed by atoms with van der Waals surface area (Å²) in [4.78, 5) is 46.0. The number of carbonyl (C=O) groups excluding carboxylic acids is 3. The van der Waals surface area contributed by atoms with Crippen molar-refractivity contribution in [3.8, 4) is 34.5 Å². The van der Waals surface area contributed by atoms with Crippen molar-refractivity contribution in [1.29, 1.82) is 0 Å². The molecule has 0 saturated carbocycles. The van der Waals surface area contributed by atoms with Crippen LogP contribution in [0.5, 0.6) is 34.5 Å². The standard InChI is InChI=1S/C14H13NO4.C11H8N2O3.C10H8N2O3/c1-8(2)19-14(16)10-3-9-4-12-13(18-7-17-12)5-11(9)15-6-10;12-11(14)7-1-6-2-9-10(16-5-15-9)3-8(6)13-4-7;11-10(15)6-1-5-2-8(13)9(14)3-7(5)12-4-6/h3-6,8H,7H2,1-2H3;1-4H,5H2,(H2,12,14);1-4,13-14H,(H2,11,15). The number of amides is 2. The number of primary amides is 2. The number of aromatic hydroxyl groups is 2. The van der Waals surface area contributed by atoms with Gasteiger partial charge in [0.15, 0.2) is 34.5 Å². The summed E-state index contributed by atoms with van der Waals surface area (Å²) in [6, 6.07) is 14.8. The highest BCUT2D eigenvalue weighted by atomic mass is 16.7. The number of benzene rings is 3. The van der Waals surface area contributed by atoms with Crippen molar-refractivity contribution >= 4 is 50.5 Å². The second-order valence-electron chi connectivity index (χ2n) is 11.2. The third-order valence-corrected chi connectivity index (χ3v) is 7.28. The zero-order valence-electron chi connectivity index (χ0n) is 26.6. The monoisotopic (exact) mass is 679 g/mol. The molecule has 2 aliphatic rings. The van der Waals surface area contributed by atoms with Gasteiger partial charge < -0.3 is 45.4 Å². The second kappa shape index (κ2) is 13.7. The number of phenols is 2. The highest BCUT2D eigenvalue weighted by Crippen LogP contribution is 2.36. The summed E-state index contributed by atoms with van der Waals surface area (Å²) in [5.74, 6) is 0.725. The number of nitrogens with two attached hydrogens (primary N) is 2. The molecule has 15 nitrogen and oxygen atoms in total. The zero-order chi connectivity index (χ0) is 35.5. The second-order valence-corrected chi connectivity index (χ2v) is 11.2. The number of aromatic nitrogens is 3. The van der Waals surface area contributed by atoms with E-state index in [4.69, 9.17) is 35.2 Å². The first-order chi connectivity index (χ1) is 23.9. The van der Waals surface area contributed by atoms with E-state index < -0.39 is 11.8 Å². The summed E-state index contributed by atoms with van der Waals surface area (Å²) in [6.07, 6.45) is 4.13. The maximum Gasteiger partial charge on any atom is 0.339 e. The highest BCUT2D eigenvalue weighted by molar-refractivity contribution is 5.98. The lowest BCUT2D eigenvalue weighted by atomic mass is 10.1.